The molecule has 0 radical (unpaired) electrons. The van der Waals surface area contributed by atoms with Gasteiger partial charge in [-0.15, -0.1) is 0 Å². The zero-order valence-corrected chi connectivity index (χ0v) is 9.89. The van der Waals surface area contributed by atoms with Gasteiger partial charge >= 0.3 is 0 Å². The summed E-state index contributed by atoms with van der Waals surface area (Å²) >= 11 is 0. The minimum absolute atomic E-state index is 0.0764. The molecule has 0 bridgehead atoms. The molecule has 5 nitrogen and oxygen atoms in total. The van der Waals surface area contributed by atoms with Crippen LogP contribution in [-0.4, -0.2) is 29.9 Å². The number of nitrogens with one attached hydrogen (secondary N) is 2. The van der Waals surface area contributed by atoms with Gasteiger partial charge in [-0.25, -0.2) is 0 Å². The van der Waals surface area contributed by atoms with Crippen LogP contribution in [0.25, 0.3) is 0 Å². The fourth-order valence-corrected chi connectivity index (χ4v) is 0.941. The molecule has 15 heavy (non-hydrogen) atoms. The van der Waals surface area contributed by atoms with Gasteiger partial charge in [0.25, 0.3) is 0 Å². The number of hydrogen-bond donors (Lipinski definition) is 3. The molecule has 0 aromatic rings. The molecule has 0 spiro atoms. The maximum Gasteiger partial charge on any atom is 0.236 e. The van der Waals surface area contributed by atoms with Gasteiger partial charge in [0.05, 0.1) is 6.04 Å². The molecule has 0 rings (SSSR count). The van der Waals surface area contributed by atoms with E-state index < -0.39 is 6.04 Å². The van der Waals surface area contributed by atoms with Gasteiger partial charge in [-0.3, -0.25) is 9.59 Å². The molecule has 1 atom stereocenters. The van der Waals surface area contributed by atoms with E-state index in [2.05, 4.69) is 10.6 Å². The first-order valence-corrected chi connectivity index (χ1v) is 5.06. The standard InChI is InChI=1S/C10H21N3O2/c1-7(11)9(15)12-6-5-8(14)13-10(2,3)4/h7H,5-6,11H2,1-4H3,(H,12,15)(H,13,14)/t7-/m0/s1. The van der Waals surface area contributed by atoms with E-state index in [1.54, 1.807) is 6.92 Å². The van der Waals surface area contributed by atoms with Crippen LogP contribution in [0.2, 0.25) is 0 Å². The summed E-state index contributed by atoms with van der Waals surface area (Å²) in [6.07, 6.45) is 0.274. The zero-order valence-electron chi connectivity index (χ0n) is 9.89. The largest absolute Gasteiger partial charge is 0.354 e. The van der Waals surface area contributed by atoms with Crippen molar-refractivity contribution in [3.05, 3.63) is 0 Å². The number of amides is 2. The molecular formula is C10H21N3O2. The van der Waals surface area contributed by atoms with Crippen LogP contribution in [0.3, 0.4) is 0 Å². The topological polar surface area (TPSA) is 84.2 Å². The third-order valence-corrected chi connectivity index (χ3v) is 1.58. The quantitative estimate of drug-likeness (QED) is 0.605. The van der Waals surface area contributed by atoms with Crippen molar-refractivity contribution >= 4 is 11.8 Å². The molecule has 5 heteroatoms. The Labute approximate surface area is 90.8 Å². The van der Waals surface area contributed by atoms with E-state index in [1.165, 1.54) is 0 Å². The lowest BCUT2D eigenvalue weighted by atomic mass is 10.1. The highest BCUT2D eigenvalue weighted by atomic mass is 16.2. The van der Waals surface area contributed by atoms with Crippen molar-refractivity contribution in [3.8, 4) is 0 Å². The normalized spacial score (nSPS) is 13.1. The molecule has 4 N–H and O–H groups in total. The molecule has 0 aromatic heterocycles. The summed E-state index contributed by atoms with van der Waals surface area (Å²) in [5.41, 5.74) is 5.11. The van der Waals surface area contributed by atoms with Gasteiger partial charge in [-0.05, 0) is 27.7 Å². The average Bonchev–Trinajstić information content (AvgIpc) is 2.00. The molecule has 88 valence electrons. The minimum atomic E-state index is -0.532. The van der Waals surface area contributed by atoms with Gasteiger partial charge in [-0.2, -0.15) is 0 Å². The molecule has 0 unspecified atom stereocenters. The fourth-order valence-electron chi connectivity index (χ4n) is 0.941. The predicted molar refractivity (Wildman–Crippen MR) is 59.2 cm³/mol. The highest BCUT2D eigenvalue weighted by Crippen LogP contribution is 1.98. The summed E-state index contributed by atoms with van der Waals surface area (Å²) in [6.45, 7) is 7.65. The van der Waals surface area contributed by atoms with Crippen molar-refractivity contribution in [1.29, 1.82) is 0 Å². The van der Waals surface area contributed by atoms with E-state index >= 15 is 0 Å². The molecule has 0 fully saturated rings. The predicted octanol–water partition coefficient (Wildman–Crippen LogP) is -0.245. The summed E-state index contributed by atoms with van der Waals surface area (Å²) < 4.78 is 0. The van der Waals surface area contributed by atoms with E-state index in [9.17, 15) is 9.59 Å². The van der Waals surface area contributed by atoms with Crippen molar-refractivity contribution in [1.82, 2.24) is 10.6 Å². The van der Waals surface area contributed by atoms with E-state index in [-0.39, 0.29) is 23.8 Å². The van der Waals surface area contributed by atoms with E-state index in [1.807, 2.05) is 20.8 Å². The van der Waals surface area contributed by atoms with Crippen LogP contribution in [0.5, 0.6) is 0 Å². The lowest BCUT2D eigenvalue weighted by Crippen LogP contribution is -2.43. The number of carbonyl (C=O) groups excluding carboxylic acids is 2. The molecule has 0 saturated carbocycles. The average molecular weight is 215 g/mol. The van der Waals surface area contributed by atoms with Crippen LogP contribution in [-0.2, 0) is 9.59 Å². The smallest absolute Gasteiger partial charge is 0.236 e. The molecule has 0 aliphatic carbocycles. The Morgan fingerprint density at radius 1 is 1.33 bits per heavy atom. The molecule has 0 heterocycles. The Morgan fingerprint density at radius 2 is 1.87 bits per heavy atom. The highest BCUT2D eigenvalue weighted by Gasteiger charge is 2.13. The van der Waals surface area contributed by atoms with Crippen LogP contribution in [0.1, 0.15) is 34.1 Å². The summed E-state index contributed by atoms with van der Waals surface area (Å²) in [5, 5.41) is 5.37. The molecule has 2 amide bonds. The Balaban J connectivity index is 3.70. The van der Waals surface area contributed by atoms with Crippen molar-refractivity contribution in [2.45, 2.75) is 45.7 Å². The summed E-state index contributed by atoms with van der Waals surface area (Å²) in [6, 6.07) is -0.532. The maximum absolute atomic E-state index is 11.3. The van der Waals surface area contributed by atoms with Crippen LogP contribution in [0.4, 0.5) is 0 Å². The Bertz CT molecular complexity index is 231. The number of rotatable bonds is 4. The van der Waals surface area contributed by atoms with Gasteiger partial charge in [0.2, 0.25) is 11.8 Å². The Hall–Kier alpha value is -1.10. The first-order chi connectivity index (χ1) is 6.72. The summed E-state index contributed by atoms with van der Waals surface area (Å²) in [5.74, 6) is -0.314. The minimum Gasteiger partial charge on any atom is -0.354 e. The SMILES string of the molecule is C[C@H](N)C(=O)NCCC(=O)NC(C)(C)C. The lowest BCUT2D eigenvalue weighted by Gasteiger charge is -2.20. The van der Waals surface area contributed by atoms with Crippen molar-refractivity contribution in [3.63, 3.8) is 0 Å². The Kier molecular flexibility index (Phi) is 5.28. The monoisotopic (exact) mass is 215 g/mol. The van der Waals surface area contributed by atoms with Crippen molar-refractivity contribution < 1.29 is 9.59 Å². The third kappa shape index (κ3) is 7.93. The number of carbonyl (C=O) groups is 2. The lowest BCUT2D eigenvalue weighted by molar-refractivity contribution is -0.123. The summed E-state index contributed by atoms with van der Waals surface area (Å²) in [4.78, 5) is 22.4. The second kappa shape index (κ2) is 5.70. The zero-order chi connectivity index (χ0) is 12.1. The molecule has 0 aromatic carbocycles. The first-order valence-electron chi connectivity index (χ1n) is 5.06. The molecule has 0 saturated heterocycles. The van der Waals surface area contributed by atoms with Gasteiger partial charge in [0.1, 0.15) is 0 Å². The maximum atomic E-state index is 11.3. The second-order valence-corrected chi connectivity index (χ2v) is 4.63. The third-order valence-electron chi connectivity index (χ3n) is 1.58. The van der Waals surface area contributed by atoms with E-state index in [0.29, 0.717) is 6.54 Å². The van der Waals surface area contributed by atoms with Crippen LogP contribution in [0, 0.1) is 0 Å². The van der Waals surface area contributed by atoms with Crippen molar-refractivity contribution in [2.24, 2.45) is 5.73 Å². The van der Waals surface area contributed by atoms with Gasteiger partial charge in [0, 0.05) is 18.5 Å². The Morgan fingerprint density at radius 3 is 2.27 bits per heavy atom. The summed E-state index contributed by atoms with van der Waals surface area (Å²) in [7, 11) is 0. The van der Waals surface area contributed by atoms with E-state index in [0.717, 1.165) is 0 Å². The number of hydrogen-bond acceptors (Lipinski definition) is 3. The molecule has 0 aliphatic heterocycles. The first kappa shape index (κ1) is 13.9. The van der Waals surface area contributed by atoms with Gasteiger partial charge in [0.15, 0.2) is 0 Å². The van der Waals surface area contributed by atoms with Gasteiger partial charge in [-0.1, -0.05) is 0 Å². The fraction of sp³-hybridized carbons (Fsp3) is 0.800. The van der Waals surface area contributed by atoms with Crippen molar-refractivity contribution in [2.75, 3.05) is 6.54 Å². The highest BCUT2D eigenvalue weighted by molar-refractivity contribution is 5.82. The molecular weight excluding hydrogens is 194 g/mol. The van der Waals surface area contributed by atoms with E-state index in [4.69, 9.17) is 5.73 Å². The molecule has 0 aliphatic rings. The van der Waals surface area contributed by atoms with Gasteiger partial charge < -0.3 is 16.4 Å². The number of nitrogens with two attached hydrogens (primary N) is 1. The second-order valence-electron chi connectivity index (χ2n) is 4.63. The van der Waals surface area contributed by atoms with Crippen LogP contribution in [0.15, 0.2) is 0 Å². The van der Waals surface area contributed by atoms with Crippen LogP contribution < -0.4 is 16.4 Å². The van der Waals surface area contributed by atoms with Crippen LogP contribution >= 0.6 is 0 Å².